The highest BCUT2D eigenvalue weighted by Gasteiger charge is 2.27. The number of anilines is 2. The number of hydrogen-bond donors (Lipinski definition) is 0. The Bertz CT molecular complexity index is 1000. The van der Waals surface area contributed by atoms with Gasteiger partial charge in [0.2, 0.25) is 0 Å². The number of nitrogens with zero attached hydrogens (tertiary/aromatic N) is 3. The first-order chi connectivity index (χ1) is 13.7. The van der Waals surface area contributed by atoms with Gasteiger partial charge in [-0.15, -0.1) is 13.2 Å². The molecule has 4 heteroatoms. The number of hydrogen-bond acceptors (Lipinski definition) is 3. The summed E-state index contributed by atoms with van der Waals surface area (Å²) in [6.45, 7) is 11.3. The first-order valence-electron chi connectivity index (χ1n) is 9.59. The fraction of sp³-hybridized carbons (Fsp3) is 0.208. The summed E-state index contributed by atoms with van der Waals surface area (Å²) in [6.07, 6.45) is 4.91. The van der Waals surface area contributed by atoms with E-state index in [1.54, 1.807) is 0 Å². The van der Waals surface area contributed by atoms with Crippen molar-refractivity contribution in [2.24, 2.45) is 0 Å². The number of aromatic nitrogens is 1. The van der Waals surface area contributed by atoms with Gasteiger partial charge in [0, 0.05) is 41.6 Å². The van der Waals surface area contributed by atoms with E-state index in [1.165, 1.54) is 22.2 Å². The summed E-state index contributed by atoms with van der Waals surface area (Å²) in [5.74, 6) is 1.10. The third kappa shape index (κ3) is 3.57. The predicted molar refractivity (Wildman–Crippen MR) is 123 cm³/mol. The molecule has 3 aromatic rings. The van der Waals surface area contributed by atoms with Crippen LogP contribution in [0.3, 0.4) is 0 Å². The van der Waals surface area contributed by atoms with Crippen molar-refractivity contribution in [3.8, 4) is 0 Å². The van der Waals surface area contributed by atoms with Gasteiger partial charge in [0.05, 0.1) is 11.2 Å². The zero-order valence-corrected chi connectivity index (χ0v) is 17.5. The Morgan fingerprint density at radius 3 is 2.54 bits per heavy atom. The molecular weight excluding hydrogens is 410 g/mol. The molecule has 1 aromatic heterocycles. The second-order valence-electron chi connectivity index (χ2n) is 7.06. The second-order valence-corrected chi connectivity index (χ2v) is 7.98. The van der Waals surface area contributed by atoms with Gasteiger partial charge < -0.3 is 9.80 Å². The quantitative estimate of drug-likeness (QED) is 0.442. The van der Waals surface area contributed by atoms with Crippen LogP contribution in [0.1, 0.15) is 11.1 Å². The molecule has 3 nitrogen and oxygen atoms in total. The minimum atomic E-state index is 0.781. The highest BCUT2D eigenvalue weighted by Crippen LogP contribution is 2.41. The van der Waals surface area contributed by atoms with Crippen LogP contribution >= 0.6 is 15.9 Å². The maximum atomic E-state index is 5.06. The van der Waals surface area contributed by atoms with E-state index in [0.717, 1.165) is 48.4 Å². The maximum Gasteiger partial charge on any atom is 0.134 e. The normalized spacial score (nSPS) is 12.8. The van der Waals surface area contributed by atoms with Crippen molar-refractivity contribution >= 4 is 38.3 Å². The first kappa shape index (κ1) is 18.8. The summed E-state index contributed by atoms with van der Waals surface area (Å²) >= 11 is 3.63. The van der Waals surface area contributed by atoms with Gasteiger partial charge in [-0.2, -0.15) is 0 Å². The standard InChI is InChI=1S/C24H24BrN3/c1-3-13-27(14-4-2)23-20-12-15-28(17-18-8-6-5-7-9-18)24(20)26-22-11-10-19(25)16-21(22)23/h3-11,16H,1-2,12-15,17H2. The van der Waals surface area contributed by atoms with E-state index in [-0.39, 0.29) is 0 Å². The van der Waals surface area contributed by atoms with E-state index in [0.29, 0.717) is 0 Å². The van der Waals surface area contributed by atoms with Gasteiger partial charge in [-0.1, -0.05) is 58.4 Å². The van der Waals surface area contributed by atoms with Gasteiger partial charge in [-0.25, -0.2) is 4.98 Å². The average Bonchev–Trinajstić information content (AvgIpc) is 3.09. The molecule has 2 heterocycles. The Labute approximate surface area is 175 Å². The SMILES string of the molecule is C=CCN(CC=C)c1c2c(nc3ccc(Br)cc13)N(Cc1ccccc1)CC2. The van der Waals surface area contributed by atoms with Crippen molar-refractivity contribution in [3.05, 3.63) is 89.4 Å². The lowest BCUT2D eigenvalue weighted by Crippen LogP contribution is -2.25. The molecule has 4 rings (SSSR count). The Hall–Kier alpha value is -2.59. The van der Waals surface area contributed by atoms with Crippen LogP contribution < -0.4 is 9.80 Å². The third-order valence-corrected chi connectivity index (χ3v) is 5.65. The van der Waals surface area contributed by atoms with Crippen molar-refractivity contribution in [1.29, 1.82) is 0 Å². The van der Waals surface area contributed by atoms with Gasteiger partial charge in [-0.05, 0) is 30.2 Å². The summed E-state index contributed by atoms with van der Waals surface area (Å²) < 4.78 is 1.07. The minimum absolute atomic E-state index is 0.781. The lowest BCUT2D eigenvalue weighted by molar-refractivity contribution is 0.826. The van der Waals surface area contributed by atoms with Crippen LogP contribution in [0.15, 0.2) is 78.3 Å². The lowest BCUT2D eigenvalue weighted by atomic mass is 10.1. The molecule has 28 heavy (non-hydrogen) atoms. The molecule has 0 saturated carbocycles. The molecule has 0 N–H and O–H groups in total. The maximum absolute atomic E-state index is 5.06. The van der Waals surface area contributed by atoms with E-state index in [2.05, 4.69) is 87.4 Å². The molecular formula is C24H24BrN3. The van der Waals surface area contributed by atoms with Crippen LogP contribution in [0.4, 0.5) is 11.5 Å². The molecule has 0 aliphatic carbocycles. The van der Waals surface area contributed by atoms with Crippen LogP contribution in [0.5, 0.6) is 0 Å². The summed E-state index contributed by atoms with van der Waals surface area (Å²) in [5.41, 5.74) is 4.92. The predicted octanol–water partition coefficient (Wildman–Crippen LogP) is 5.74. The molecule has 0 bridgehead atoms. The van der Waals surface area contributed by atoms with Crippen molar-refractivity contribution in [1.82, 2.24) is 4.98 Å². The summed E-state index contributed by atoms with van der Waals surface area (Å²) in [6, 6.07) is 17.0. The van der Waals surface area contributed by atoms with E-state index in [1.807, 2.05) is 12.2 Å². The Balaban J connectivity index is 1.86. The molecule has 1 aliphatic rings. The van der Waals surface area contributed by atoms with E-state index < -0.39 is 0 Å². The molecule has 0 spiro atoms. The van der Waals surface area contributed by atoms with Gasteiger partial charge >= 0.3 is 0 Å². The molecule has 0 unspecified atom stereocenters. The number of benzene rings is 2. The van der Waals surface area contributed by atoms with Crippen molar-refractivity contribution < 1.29 is 0 Å². The third-order valence-electron chi connectivity index (χ3n) is 5.16. The molecule has 1 aliphatic heterocycles. The minimum Gasteiger partial charge on any atom is -0.363 e. The molecule has 0 fully saturated rings. The van der Waals surface area contributed by atoms with Crippen LogP contribution in [0.25, 0.3) is 10.9 Å². The van der Waals surface area contributed by atoms with Crippen LogP contribution in [0, 0.1) is 0 Å². The Morgan fingerprint density at radius 2 is 1.82 bits per heavy atom. The van der Waals surface area contributed by atoms with E-state index >= 15 is 0 Å². The van der Waals surface area contributed by atoms with Crippen LogP contribution in [0.2, 0.25) is 0 Å². The Morgan fingerprint density at radius 1 is 1.07 bits per heavy atom. The fourth-order valence-electron chi connectivity index (χ4n) is 3.98. The van der Waals surface area contributed by atoms with Gasteiger partial charge in [0.15, 0.2) is 0 Å². The topological polar surface area (TPSA) is 19.4 Å². The molecule has 0 amide bonds. The lowest BCUT2D eigenvalue weighted by Gasteiger charge is -2.27. The highest BCUT2D eigenvalue weighted by atomic mass is 79.9. The summed E-state index contributed by atoms with van der Waals surface area (Å²) in [5, 5.41) is 1.18. The first-order valence-corrected chi connectivity index (χ1v) is 10.4. The van der Waals surface area contributed by atoms with Gasteiger partial charge in [0.25, 0.3) is 0 Å². The smallest absolute Gasteiger partial charge is 0.134 e. The second kappa shape index (κ2) is 8.19. The number of halogens is 1. The fourth-order valence-corrected chi connectivity index (χ4v) is 4.34. The van der Waals surface area contributed by atoms with Crippen LogP contribution in [-0.4, -0.2) is 24.6 Å². The molecule has 0 atom stereocenters. The monoisotopic (exact) mass is 433 g/mol. The van der Waals surface area contributed by atoms with Crippen molar-refractivity contribution in [2.75, 3.05) is 29.4 Å². The molecule has 0 radical (unpaired) electrons. The zero-order chi connectivity index (χ0) is 19.5. The largest absolute Gasteiger partial charge is 0.363 e. The van der Waals surface area contributed by atoms with Crippen molar-refractivity contribution in [3.63, 3.8) is 0 Å². The number of rotatable bonds is 7. The Kier molecular flexibility index (Phi) is 5.49. The molecule has 2 aromatic carbocycles. The highest BCUT2D eigenvalue weighted by molar-refractivity contribution is 9.10. The van der Waals surface area contributed by atoms with E-state index in [9.17, 15) is 0 Å². The summed E-state index contributed by atoms with van der Waals surface area (Å²) in [7, 11) is 0. The van der Waals surface area contributed by atoms with Gasteiger partial charge in [0.1, 0.15) is 5.82 Å². The van der Waals surface area contributed by atoms with Crippen LogP contribution in [-0.2, 0) is 13.0 Å². The number of pyridine rings is 1. The molecule has 0 saturated heterocycles. The van der Waals surface area contributed by atoms with Crippen molar-refractivity contribution in [2.45, 2.75) is 13.0 Å². The van der Waals surface area contributed by atoms with Gasteiger partial charge in [-0.3, -0.25) is 0 Å². The average molecular weight is 434 g/mol. The van der Waals surface area contributed by atoms with E-state index in [4.69, 9.17) is 4.98 Å². The zero-order valence-electron chi connectivity index (χ0n) is 15.9. The summed E-state index contributed by atoms with van der Waals surface area (Å²) in [4.78, 5) is 9.81. The number of fused-ring (bicyclic) bond motifs is 2. The molecule has 142 valence electrons.